The lowest BCUT2D eigenvalue weighted by atomic mass is 10.2. The van der Waals surface area contributed by atoms with Gasteiger partial charge in [0.15, 0.2) is 0 Å². The molecule has 0 radical (unpaired) electrons. The van der Waals surface area contributed by atoms with Crippen molar-refractivity contribution in [2.75, 3.05) is 0 Å². The number of benzene rings is 2. The van der Waals surface area contributed by atoms with E-state index in [0.29, 0.717) is 22.9 Å². The van der Waals surface area contributed by atoms with Crippen LogP contribution in [0.2, 0.25) is 5.02 Å². The van der Waals surface area contributed by atoms with Crippen molar-refractivity contribution in [2.24, 2.45) is 5.73 Å². The zero-order valence-corrected chi connectivity index (χ0v) is 10.5. The van der Waals surface area contributed by atoms with Crippen molar-refractivity contribution in [1.29, 1.82) is 0 Å². The van der Waals surface area contributed by atoms with Crippen LogP contribution >= 0.6 is 11.6 Å². The summed E-state index contributed by atoms with van der Waals surface area (Å²) in [5.74, 6) is 0.295. The predicted octanol–water partition coefficient (Wildman–Crippen LogP) is 3.52. The highest BCUT2D eigenvalue weighted by Crippen LogP contribution is 2.20. The first kappa shape index (κ1) is 12.9. The molecule has 2 aromatic carbocycles. The van der Waals surface area contributed by atoms with Crippen LogP contribution in [0.5, 0.6) is 5.75 Å². The van der Waals surface area contributed by atoms with Crippen LogP contribution < -0.4 is 10.5 Å². The van der Waals surface area contributed by atoms with Gasteiger partial charge in [-0.15, -0.1) is 0 Å². The van der Waals surface area contributed by atoms with Crippen LogP contribution in [0.25, 0.3) is 0 Å². The zero-order valence-electron chi connectivity index (χ0n) is 9.70. The van der Waals surface area contributed by atoms with E-state index in [1.165, 1.54) is 12.1 Å². The van der Waals surface area contributed by atoms with Crippen molar-refractivity contribution in [3.63, 3.8) is 0 Å². The third-order valence-corrected chi connectivity index (χ3v) is 2.80. The highest BCUT2D eigenvalue weighted by Gasteiger charge is 2.04. The summed E-state index contributed by atoms with van der Waals surface area (Å²) >= 11 is 5.79. The fraction of sp³-hybridized carbons (Fsp3) is 0.143. The molecule has 0 atom stereocenters. The van der Waals surface area contributed by atoms with E-state index in [2.05, 4.69) is 0 Å². The largest absolute Gasteiger partial charge is 0.489 e. The lowest BCUT2D eigenvalue weighted by molar-refractivity contribution is 0.302. The average molecular weight is 266 g/mol. The Morgan fingerprint density at radius 2 is 1.83 bits per heavy atom. The molecule has 0 aliphatic rings. The molecular formula is C14H13ClFNO. The van der Waals surface area contributed by atoms with E-state index in [1.807, 2.05) is 12.1 Å². The molecule has 94 valence electrons. The van der Waals surface area contributed by atoms with E-state index in [1.54, 1.807) is 18.2 Å². The fourth-order valence-corrected chi connectivity index (χ4v) is 1.72. The normalized spacial score (nSPS) is 10.4. The molecule has 0 unspecified atom stereocenters. The molecule has 0 fully saturated rings. The van der Waals surface area contributed by atoms with Gasteiger partial charge in [-0.05, 0) is 35.9 Å². The van der Waals surface area contributed by atoms with Gasteiger partial charge in [-0.1, -0.05) is 23.7 Å². The Balaban J connectivity index is 2.08. The lowest BCUT2D eigenvalue weighted by Gasteiger charge is -2.10. The van der Waals surface area contributed by atoms with E-state index < -0.39 is 0 Å². The number of rotatable bonds is 4. The first-order valence-corrected chi connectivity index (χ1v) is 5.92. The molecule has 0 heterocycles. The SMILES string of the molecule is NCc1cc(F)ccc1OCc1ccc(Cl)cc1. The molecule has 0 aliphatic carbocycles. The highest BCUT2D eigenvalue weighted by atomic mass is 35.5. The Hall–Kier alpha value is -1.58. The molecule has 0 aliphatic heterocycles. The number of hydrogen-bond acceptors (Lipinski definition) is 2. The second-order valence-electron chi connectivity index (χ2n) is 3.87. The summed E-state index contributed by atoms with van der Waals surface area (Å²) in [5.41, 5.74) is 7.19. The maximum Gasteiger partial charge on any atom is 0.124 e. The smallest absolute Gasteiger partial charge is 0.124 e. The Morgan fingerprint density at radius 3 is 2.50 bits per heavy atom. The second-order valence-corrected chi connectivity index (χ2v) is 4.31. The van der Waals surface area contributed by atoms with Crippen LogP contribution in [0.1, 0.15) is 11.1 Å². The van der Waals surface area contributed by atoms with E-state index in [4.69, 9.17) is 22.1 Å². The lowest BCUT2D eigenvalue weighted by Crippen LogP contribution is -2.03. The molecule has 0 saturated carbocycles. The quantitative estimate of drug-likeness (QED) is 0.918. The molecule has 0 saturated heterocycles. The molecule has 2 nitrogen and oxygen atoms in total. The number of hydrogen-bond donors (Lipinski definition) is 1. The Labute approximate surface area is 110 Å². The number of halogens is 2. The van der Waals surface area contributed by atoms with Crippen molar-refractivity contribution in [2.45, 2.75) is 13.2 Å². The summed E-state index contributed by atoms with van der Waals surface area (Å²) in [6.07, 6.45) is 0. The topological polar surface area (TPSA) is 35.2 Å². The van der Waals surface area contributed by atoms with E-state index in [0.717, 1.165) is 5.56 Å². The third-order valence-electron chi connectivity index (χ3n) is 2.55. The molecule has 2 rings (SSSR count). The van der Waals surface area contributed by atoms with Crippen molar-refractivity contribution >= 4 is 11.6 Å². The maximum absolute atomic E-state index is 13.0. The minimum atomic E-state index is -0.311. The summed E-state index contributed by atoms with van der Waals surface area (Å²) in [5, 5.41) is 0.683. The van der Waals surface area contributed by atoms with E-state index in [9.17, 15) is 4.39 Å². The molecule has 0 aromatic heterocycles. The molecule has 4 heteroatoms. The first-order chi connectivity index (χ1) is 8.69. The van der Waals surface area contributed by atoms with Gasteiger partial charge in [-0.25, -0.2) is 4.39 Å². The molecule has 2 N–H and O–H groups in total. The van der Waals surface area contributed by atoms with Crippen LogP contribution in [0.3, 0.4) is 0 Å². The van der Waals surface area contributed by atoms with Gasteiger partial charge < -0.3 is 10.5 Å². The fourth-order valence-electron chi connectivity index (χ4n) is 1.59. The van der Waals surface area contributed by atoms with Gasteiger partial charge in [0.25, 0.3) is 0 Å². The van der Waals surface area contributed by atoms with Crippen molar-refractivity contribution in [3.05, 3.63) is 64.4 Å². The van der Waals surface area contributed by atoms with Gasteiger partial charge in [0.05, 0.1) is 0 Å². The van der Waals surface area contributed by atoms with Gasteiger partial charge in [0.2, 0.25) is 0 Å². The van der Waals surface area contributed by atoms with Crippen LogP contribution in [-0.2, 0) is 13.2 Å². The standard InChI is InChI=1S/C14H13ClFNO/c15-12-3-1-10(2-4-12)9-18-14-6-5-13(16)7-11(14)8-17/h1-7H,8-9,17H2. The monoisotopic (exact) mass is 265 g/mol. The molecular weight excluding hydrogens is 253 g/mol. The first-order valence-electron chi connectivity index (χ1n) is 5.55. The maximum atomic E-state index is 13.0. The van der Waals surface area contributed by atoms with Gasteiger partial charge in [-0.3, -0.25) is 0 Å². The molecule has 0 amide bonds. The third kappa shape index (κ3) is 3.22. The highest BCUT2D eigenvalue weighted by molar-refractivity contribution is 6.30. The van der Waals surface area contributed by atoms with Crippen molar-refractivity contribution in [3.8, 4) is 5.75 Å². The van der Waals surface area contributed by atoms with Crippen LogP contribution in [-0.4, -0.2) is 0 Å². The van der Waals surface area contributed by atoms with Crippen molar-refractivity contribution < 1.29 is 9.13 Å². The molecule has 0 spiro atoms. The Morgan fingerprint density at radius 1 is 1.11 bits per heavy atom. The van der Waals surface area contributed by atoms with Crippen molar-refractivity contribution in [1.82, 2.24) is 0 Å². The summed E-state index contributed by atoms with van der Waals surface area (Å²) in [7, 11) is 0. The van der Waals surface area contributed by atoms with Gasteiger partial charge in [-0.2, -0.15) is 0 Å². The summed E-state index contributed by atoms with van der Waals surface area (Å²) in [6.45, 7) is 0.642. The van der Waals surface area contributed by atoms with Crippen LogP contribution in [0.15, 0.2) is 42.5 Å². The van der Waals surface area contributed by atoms with Gasteiger partial charge in [0, 0.05) is 17.1 Å². The Bertz CT molecular complexity index is 528. The molecule has 2 aromatic rings. The second kappa shape index (κ2) is 5.85. The number of ether oxygens (including phenoxy) is 1. The minimum absolute atomic E-state index is 0.244. The Kier molecular flexibility index (Phi) is 4.18. The van der Waals surface area contributed by atoms with E-state index >= 15 is 0 Å². The summed E-state index contributed by atoms with van der Waals surface area (Å²) in [6, 6.07) is 11.7. The predicted molar refractivity (Wildman–Crippen MR) is 70.1 cm³/mol. The summed E-state index contributed by atoms with van der Waals surface area (Å²) < 4.78 is 18.6. The minimum Gasteiger partial charge on any atom is -0.489 e. The van der Waals surface area contributed by atoms with E-state index in [-0.39, 0.29) is 12.4 Å². The molecule has 0 bridgehead atoms. The zero-order chi connectivity index (χ0) is 13.0. The van der Waals surface area contributed by atoms with Crippen LogP contribution in [0.4, 0.5) is 4.39 Å². The van der Waals surface area contributed by atoms with Crippen LogP contribution in [0, 0.1) is 5.82 Å². The number of nitrogens with two attached hydrogens (primary N) is 1. The summed E-state index contributed by atoms with van der Waals surface area (Å²) in [4.78, 5) is 0. The average Bonchev–Trinajstić information content (AvgIpc) is 2.39. The van der Waals surface area contributed by atoms with Gasteiger partial charge in [0.1, 0.15) is 18.2 Å². The molecule has 18 heavy (non-hydrogen) atoms. The van der Waals surface area contributed by atoms with Gasteiger partial charge >= 0.3 is 0 Å².